The minimum atomic E-state index is -1.57. The predicted octanol–water partition coefficient (Wildman–Crippen LogP) is 6.09. The molecule has 0 saturated heterocycles. The van der Waals surface area contributed by atoms with Crippen molar-refractivity contribution in [3.05, 3.63) is 97.6 Å². The minimum Gasteiger partial charge on any atom is -0.456 e. The van der Waals surface area contributed by atoms with E-state index in [0.29, 0.717) is 16.6 Å². The van der Waals surface area contributed by atoms with Crippen molar-refractivity contribution >= 4 is 62.0 Å². The van der Waals surface area contributed by atoms with Gasteiger partial charge in [0.05, 0.1) is 11.0 Å². The predicted molar refractivity (Wildman–Crippen MR) is 142 cm³/mol. The van der Waals surface area contributed by atoms with Crippen LogP contribution in [-0.4, -0.2) is 21.7 Å². The van der Waals surface area contributed by atoms with Crippen molar-refractivity contribution < 1.29 is 14.5 Å². The first-order chi connectivity index (χ1) is 16.6. The summed E-state index contributed by atoms with van der Waals surface area (Å²) in [6, 6.07) is 26.3. The quantitative estimate of drug-likeness (QED) is 0.256. The van der Waals surface area contributed by atoms with Gasteiger partial charge < -0.3 is 19.0 Å². The van der Waals surface area contributed by atoms with E-state index in [-0.39, 0.29) is 0 Å². The number of para-hydroxylation sites is 1. The molecule has 5 heteroatoms. The minimum absolute atomic E-state index is 0.440. The van der Waals surface area contributed by atoms with E-state index in [9.17, 15) is 10.0 Å². The van der Waals surface area contributed by atoms with Gasteiger partial charge in [-0.05, 0) is 66.0 Å². The van der Waals surface area contributed by atoms with Crippen LogP contribution >= 0.6 is 0 Å². The molecule has 6 aromatic rings. The van der Waals surface area contributed by atoms with Gasteiger partial charge in [0.1, 0.15) is 11.2 Å². The van der Waals surface area contributed by atoms with Crippen LogP contribution < -0.4 is 5.46 Å². The van der Waals surface area contributed by atoms with E-state index in [4.69, 9.17) is 4.42 Å². The largest absolute Gasteiger partial charge is 0.489 e. The summed E-state index contributed by atoms with van der Waals surface area (Å²) in [6.45, 7) is 6.02. The second-order valence-corrected chi connectivity index (χ2v) is 8.41. The third-order valence-electron chi connectivity index (χ3n) is 6.57. The Labute approximate surface area is 196 Å². The molecule has 0 atom stereocenters. The number of aromatic nitrogens is 1. The lowest BCUT2D eigenvalue weighted by molar-refractivity contribution is 0.426. The Bertz CT molecular complexity index is 1770. The van der Waals surface area contributed by atoms with E-state index in [2.05, 4.69) is 65.8 Å². The van der Waals surface area contributed by atoms with Crippen molar-refractivity contribution in [3.8, 4) is 11.1 Å². The van der Waals surface area contributed by atoms with Crippen LogP contribution in [0.25, 0.3) is 60.6 Å². The summed E-state index contributed by atoms with van der Waals surface area (Å²) in [5, 5.41) is 23.7. The summed E-state index contributed by atoms with van der Waals surface area (Å²) in [7, 11) is -1.57. The summed E-state index contributed by atoms with van der Waals surface area (Å²) in [4.78, 5) is 0. The molecule has 0 amide bonds. The molecule has 6 rings (SSSR count). The highest BCUT2D eigenvalue weighted by Crippen LogP contribution is 2.36. The lowest BCUT2D eigenvalue weighted by Crippen LogP contribution is -2.30. The topological polar surface area (TPSA) is 58.5 Å². The van der Waals surface area contributed by atoms with Crippen molar-refractivity contribution in [3.63, 3.8) is 0 Å². The lowest BCUT2D eigenvalue weighted by Gasteiger charge is -2.09. The summed E-state index contributed by atoms with van der Waals surface area (Å²) in [5.74, 6) is 0. The average Bonchev–Trinajstić information content (AvgIpc) is 3.40. The number of benzene rings is 4. The number of hydrogen-bond donors (Lipinski definition) is 2. The van der Waals surface area contributed by atoms with Gasteiger partial charge in [0, 0.05) is 27.2 Å². The molecule has 0 aliphatic carbocycles. The Balaban J connectivity index is 1.61. The maximum atomic E-state index is 9.89. The summed E-state index contributed by atoms with van der Waals surface area (Å²) in [6.07, 6.45) is 3.95. The van der Waals surface area contributed by atoms with Crippen LogP contribution in [0, 0.1) is 0 Å². The Morgan fingerprint density at radius 1 is 0.824 bits per heavy atom. The van der Waals surface area contributed by atoms with E-state index < -0.39 is 7.12 Å². The number of rotatable bonds is 4. The van der Waals surface area contributed by atoms with E-state index in [1.807, 2.05) is 31.2 Å². The maximum Gasteiger partial charge on any atom is 0.489 e. The van der Waals surface area contributed by atoms with Crippen molar-refractivity contribution in [1.82, 2.24) is 4.57 Å². The fourth-order valence-corrected chi connectivity index (χ4v) is 5.02. The number of furan rings is 1. The molecule has 0 unspecified atom stereocenters. The molecule has 0 saturated carbocycles. The molecule has 4 aromatic carbocycles. The van der Waals surface area contributed by atoms with Gasteiger partial charge in [0.25, 0.3) is 0 Å². The third-order valence-corrected chi connectivity index (χ3v) is 6.57. The first-order valence-corrected chi connectivity index (χ1v) is 11.2. The molecule has 0 aliphatic rings. The van der Waals surface area contributed by atoms with Crippen LogP contribution in [0.15, 0.2) is 102 Å². The fraction of sp³-hybridized carbons (Fsp3) is 0.0345. The van der Waals surface area contributed by atoms with Crippen LogP contribution in [0.3, 0.4) is 0 Å². The highest BCUT2D eigenvalue weighted by atomic mass is 16.4. The van der Waals surface area contributed by atoms with E-state index in [1.54, 1.807) is 12.1 Å². The van der Waals surface area contributed by atoms with Crippen LogP contribution in [0.2, 0.25) is 0 Å². The summed E-state index contributed by atoms with van der Waals surface area (Å²) < 4.78 is 8.21. The molecule has 0 radical (unpaired) electrons. The summed E-state index contributed by atoms with van der Waals surface area (Å²) >= 11 is 0. The molecule has 2 N–H and O–H groups in total. The van der Waals surface area contributed by atoms with Gasteiger partial charge in [0.2, 0.25) is 0 Å². The van der Waals surface area contributed by atoms with Crippen molar-refractivity contribution in [2.45, 2.75) is 6.92 Å². The van der Waals surface area contributed by atoms with Gasteiger partial charge in [-0.1, -0.05) is 55.1 Å². The number of nitrogens with zero attached hydrogens (tertiary/aromatic N) is 1. The number of fused-ring (bicyclic) bond motifs is 6. The zero-order valence-corrected chi connectivity index (χ0v) is 18.7. The van der Waals surface area contributed by atoms with Crippen LogP contribution in [0.5, 0.6) is 0 Å². The first-order valence-electron chi connectivity index (χ1n) is 11.2. The Morgan fingerprint density at radius 3 is 2.32 bits per heavy atom. The smallest absolute Gasteiger partial charge is 0.456 e. The molecule has 0 fully saturated rings. The van der Waals surface area contributed by atoms with E-state index >= 15 is 0 Å². The van der Waals surface area contributed by atoms with Crippen molar-refractivity contribution in [1.29, 1.82) is 0 Å². The van der Waals surface area contributed by atoms with Crippen LogP contribution in [0.1, 0.15) is 6.92 Å². The Hall–Kier alpha value is -4.06. The van der Waals surface area contributed by atoms with Crippen molar-refractivity contribution in [2.24, 2.45) is 0 Å². The molecule has 0 spiro atoms. The Morgan fingerprint density at radius 2 is 1.56 bits per heavy atom. The zero-order valence-electron chi connectivity index (χ0n) is 18.7. The normalized spacial score (nSPS) is 12.3. The second-order valence-electron chi connectivity index (χ2n) is 8.41. The zero-order chi connectivity index (χ0) is 23.4. The molecular weight excluding hydrogens is 421 g/mol. The fourth-order valence-electron chi connectivity index (χ4n) is 5.02. The Kier molecular flexibility index (Phi) is 4.69. The monoisotopic (exact) mass is 443 g/mol. The standard InChI is InChI=1S/C29H22BNO3/c1-3-20(4-2)31-25-10-6-5-8-21(25)22-16-18(12-14-26(22)31)19-13-15-27-23(17-19)29-24(30(32)33)9-7-11-28(29)34-27/h3-17,32-33H,1H2,2H3/b20-4+. The molecule has 2 aromatic heterocycles. The maximum absolute atomic E-state index is 9.89. The summed E-state index contributed by atoms with van der Waals surface area (Å²) in [5.41, 5.74) is 7.21. The van der Waals surface area contributed by atoms with Crippen LogP contribution in [0.4, 0.5) is 0 Å². The lowest BCUT2D eigenvalue weighted by atomic mass is 9.77. The number of hydrogen-bond acceptors (Lipinski definition) is 3. The van der Waals surface area contributed by atoms with Crippen molar-refractivity contribution in [2.75, 3.05) is 0 Å². The van der Waals surface area contributed by atoms with Gasteiger partial charge in [0.15, 0.2) is 0 Å². The highest BCUT2D eigenvalue weighted by molar-refractivity contribution is 6.62. The SMILES string of the molecule is C=C/C(=C\C)n1c2ccccc2c2cc(-c3ccc4oc5cccc(B(O)O)c5c4c3)ccc21. The van der Waals surface area contributed by atoms with Gasteiger partial charge >= 0.3 is 7.12 Å². The van der Waals surface area contributed by atoms with Crippen LogP contribution in [-0.2, 0) is 0 Å². The molecule has 2 heterocycles. The molecular formula is C29H22BNO3. The molecule has 0 aliphatic heterocycles. The average molecular weight is 443 g/mol. The van der Waals surface area contributed by atoms with Gasteiger partial charge in [-0.15, -0.1) is 0 Å². The van der Waals surface area contributed by atoms with E-state index in [0.717, 1.165) is 44.0 Å². The third kappa shape index (κ3) is 2.95. The highest BCUT2D eigenvalue weighted by Gasteiger charge is 2.20. The molecule has 0 bridgehead atoms. The van der Waals surface area contributed by atoms with Gasteiger partial charge in [-0.25, -0.2) is 0 Å². The number of allylic oxidation sites excluding steroid dienone is 3. The van der Waals surface area contributed by atoms with Gasteiger partial charge in [-0.2, -0.15) is 0 Å². The van der Waals surface area contributed by atoms with Gasteiger partial charge in [-0.3, -0.25) is 0 Å². The molecule has 34 heavy (non-hydrogen) atoms. The molecule has 164 valence electrons. The van der Waals surface area contributed by atoms with E-state index in [1.165, 1.54) is 5.39 Å². The molecule has 4 nitrogen and oxygen atoms in total. The first kappa shape index (κ1) is 20.5. The second kappa shape index (κ2) is 7.77.